The zero-order valence-electron chi connectivity index (χ0n) is 10.9. The van der Waals surface area contributed by atoms with Crippen molar-refractivity contribution in [2.45, 2.75) is 26.3 Å². The topological polar surface area (TPSA) is 63.5 Å². The number of Topliss-reactive ketones (excluding diaryl/α,β-unsaturated/α-hetero) is 1. The number of rotatable bonds is 6. The predicted octanol–water partition coefficient (Wildman–Crippen LogP) is 2.51. The quantitative estimate of drug-likeness (QED) is 0.442. The van der Waals surface area contributed by atoms with Gasteiger partial charge in [0.05, 0.1) is 11.5 Å². The largest absolute Gasteiger partial charge is 0.296 e. The summed E-state index contributed by atoms with van der Waals surface area (Å²) in [5.41, 5.74) is 0.339. The number of hydrogen-bond acceptors (Lipinski definition) is 4. The summed E-state index contributed by atoms with van der Waals surface area (Å²) >= 11 is 0. The monoisotopic (exact) mass is 250 g/mol. The van der Waals surface area contributed by atoms with Gasteiger partial charge in [0.2, 0.25) is 0 Å². The van der Waals surface area contributed by atoms with Crippen molar-refractivity contribution in [3.8, 4) is 0 Å². The molecule has 5 nitrogen and oxygen atoms in total. The number of nitro benzene ring substituents is 1. The average Bonchev–Trinajstić information content (AvgIpc) is 2.37. The van der Waals surface area contributed by atoms with Crippen LogP contribution >= 0.6 is 0 Å². The Morgan fingerprint density at radius 2 is 2.17 bits per heavy atom. The fraction of sp³-hybridized carbons (Fsp3) is 0.462. The van der Waals surface area contributed by atoms with Crippen molar-refractivity contribution in [1.82, 2.24) is 4.90 Å². The van der Waals surface area contributed by atoms with Gasteiger partial charge in [0, 0.05) is 23.7 Å². The molecule has 1 aromatic carbocycles. The summed E-state index contributed by atoms with van der Waals surface area (Å²) in [6.07, 6.45) is 0.957. The van der Waals surface area contributed by atoms with E-state index in [1.165, 1.54) is 18.2 Å². The molecule has 0 fully saturated rings. The molecule has 0 saturated heterocycles. The number of nitro groups is 1. The Labute approximate surface area is 107 Å². The van der Waals surface area contributed by atoms with Crippen LogP contribution in [0.15, 0.2) is 24.3 Å². The first-order chi connectivity index (χ1) is 8.45. The van der Waals surface area contributed by atoms with E-state index in [0.29, 0.717) is 11.6 Å². The molecule has 5 heteroatoms. The lowest BCUT2D eigenvalue weighted by atomic mass is 10.1. The second-order valence-electron chi connectivity index (χ2n) is 4.40. The van der Waals surface area contributed by atoms with E-state index in [1.807, 2.05) is 18.9 Å². The third-order valence-corrected chi connectivity index (χ3v) is 3.12. The Balaban J connectivity index is 2.78. The minimum atomic E-state index is -0.491. The van der Waals surface area contributed by atoms with Crippen molar-refractivity contribution in [1.29, 1.82) is 0 Å². The highest BCUT2D eigenvalue weighted by Crippen LogP contribution is 2.14. The molecule has 0 heterocycles. The minimum absolute atomic E-state index is 0.0490. The van der Waals surface area contributed by atoms with E-state index in [0.717, 1.165) is 6.42 Å². The molecule has 1 atom stereocenters. The molecule has 1 aromatic rings. The second-order valence-corrected chi connectivity index (χ2v) is 4.40. The summed E-state index contributed by atoms with van der Waals surface area (Å²) in [5, 5.41) is 10.6. The lowest BCUT2D eigenvalue weighted by Gasteiger charge is -2.22. The summed E-state index contributed by atoms with van der Waals surface area (Å²) in [6, 6.07) is 6.17. The zero-order valence-corrected chi connectivity index (χ0v) is 10.9. The number of likely N-dealkylation sites (N-methyl/N-ethyl adjacent to an activating group) is 1. The normalized spacial score (nSPS) is 12.4. The molecule has 1 rings (SSSR count). The third kappa shape index (κ3) is 3.63. The minimum Gasteiger partial charge on any atom is -0.296 e. The third-order valence-electron chi connectivity index (χ3n) is 3.12. The molecular formula is C13H18N2O3. The summed E-state index contributed by atoms with van der Waals surface area (Å²) in [7, 11) is 1.88. The van der Waals surface area contributed by atoms with Crippen LogP contribution in [0.2, 0.25) is 0 Å². The van der Waals surface area contributed by atoms with Gasteiger partial charge < -0.3 is 0 Å². The molecule has 0 spiro atoms. The number of ketones is 1. The van der Waals surface area contributed by atoms with Crippen LogP contribution in [0.3, 0.4) is 0 Å². The lowest BCUT2D eigenvalue weighted by Crippen LogP contribution is -2.33. The number of nitrogens with zero attached hydrogens (tertiary/aromatic N) is 2. The van der Waals surface area contributed by atoms with Crippen LogP contribution < -0.4 is 0 Å². The molecule has 0 saturated carbocycles. The molecule has 0 radical (unpaired) electrons. The molecule has 1 unspecified atom stereocenters. The maximum Gasteiger partial charge on any atom is 0.270 e. The van der Waals surface area contributed by atoms with Crippen LogP contribution in [0.4, 0.5) is 5.69 Å². The summed E-state index contributed by atoms with van der Waals surface area (Å²) in [4.78, 5) is 24.1. The van der Waals surface area contributed by atoms with Gasteiger partial charge in [0.25, 0.3) is 5.69 Å². The van der Waals surface area contributed by atoms with Crippen molar-refractivity contribution in [3.05, 3.63) is 39.9 Å². The standard InChI is InChI=1S/C13H18N2O3/c1-4-10(2)14(3)9-13(16)11-6-5-7-12(8-11)15(17)18/h5-8,10H,4,9H2,1-3H3. The molecule has 0 bridgehead atoms. The summed E-state index contributed by atoms with van der Waals surface area (Å²) < 4.78 is 0. The van der Waals surface area contributed by atoms with Gasteiger partial charge in [-0.1, -0.05) is 19.1 Å². The first-order valence-corrected chi connectivity index (χ1v) is 5.93. The Hall–Kier alpha value is -1.75. The van der Waals surface area contributed by atoms with Gasteiger partial charge >= 0.3 is 0 Å². The van der Waals surface area contributed by atoms with E-state index in [4.69, 9.17) is 0 Å². The van der Waals surface area contributed by atoms with Crippen LogP contribution in [0.5, 0.6) is 0 Å². The number of non-ortho nitro benzene ring substituents is 1. The maximum atomic E-state index is 12.0. The smallest absolute Gasteiger partial charge is 0.270 e. The Kier molecular flexibility index (Phi) is 4.97. The van der Waals surface area contributed by atoms with Gasteiger partial charge in [-0.3, -0.25) is 19.8 Å². The highest BCUT2D eigenvalue weighted by Gasteiger charge is 2.15. The van der Waals surface area contributed by atoms with Crippen molar-refractivity contribution >= 4 is 11.5 Å². The number of carbonyl (C=O) groups excluding carboxylic acids is 1. The highest BCUT2D eigenvalue weighted by molar-refractivity contribution is 5.98. The molecule has 98 valence electrons. The van der Waals surface area contributed by atoms with Gasteiger partial charge in [-0.25, -0.2) is 0 Å². The second kappa shape index (κ2) is 6.26. The van der Waals surface area contributed by atoms with Gasteiger partial charge in [-0.2, -0.15) is 0 Å². The molecule has 0 aliphatic rings. The van der Waals surface area contributed by atoms with Crippen molar-refractivity contribution in [3.63, 3.8) is 0 Å². The molecule has 0 aliphatic carbocycles. The molecule has 0 N–H and O–H groups in total. The van der Waals surface area contributed by atoms with Crippen LogP contribution in [0.1, 0.15) is 30.6 Å². The first kappa shape index (κ1) is 14.3. The molecule has 18 heavy (non-hydrogen) atoms. The van der Waals surface area contributed by atoms with E-state index < -0.39 is 4.92 Å². The van der Waals surface area contributed by atoms with Gasteiger partial charge in [-0.15, -0.1) is 0 Å². The van der Waals surface area contributed by atoms with Crippen molar-refractivity contribution < 1.29 is 9.72 Å². The van der Waals surface area contributed by atoms with E-state index in [9.17, 15) is 14.9 Å². The van der Waals surface area contributed by atoms with Crippen LogP contribution in [-0.4, -0.2) is 35.2 Å². The fourth-order valence-electron chi connectivity index (χ4n) is 1.58. The summed E-state index contributed by atoms with van der Waals surface area (Å²) in [5.74, 6) is -0.0958. The van der Waals surface area contributed by atoms with Gasteiger partial charge in [0.1, 0.15) is 0 Å². The van der Waals surface area contributed by atoms with E-state index in [1.54, 1.807) is 6.07 Å². The van der Waals surface area contributed by atoms with Crippen LogP contribution in [0, 0.1) is 10.1 Å². The Morgan fingerprint density at radius 3 is 2.72 bits per heavy atom. The molecule has 0 aliphatic heterocycles. The Morgan fingerprint density at radius 1 is 1.50 bits per heavy atom. The summed E-state index contributed by atoms with van der Waals surface area (Å²) in [6.45, 7) is 4.37. The molecular weight excluding hydrogens is 232 g/mol. The van der Waals surface area contributed by atoms with Gasteiger partial charge in [0.15, 0.2) is 5.78 Å². The molecule has 0 amide bonds. The average molecular weight is 250 g/mol. The van der Waals surface area contributed by atoms with Crippen LogP contribution in [-0.2, 0) is 0 Å². The van der Waals surface area contributed by atoms with E-state index >= 15 is 0 Å². The zero-order chi connectivity index (χ0) is 13.7. The van der Waals surface area contributed by atoms with Crippen molar-refractivity contribution in [2.75, 3.05) is 13.6 Å². The lowest BCUT2D eigenvalue weighted by molar-refractivity contribution is -0.384. The van der Waals surface area contributed by atoms with E-state index in [-0.39, 0.29) is 18.0 Å². The predicted molar refractivity (Wildman–Crippen MR) is 69.8 cm³/mol. The maximum absolute atomic E-state index is 12.0. The van der Waals surface area contributed by atoms with Crippen molar-refractivity contribution in [2.24, 2.45) is 0 Å². The number of carbonyl (C=O) groups is 1. The fourth-order valence-corrected chi connectivity index (χ4v) is 1.58. The SMILES string of the molecule is CCC(C)N(C)CC(=O)c1cccc([N+](=O)[O-])c1. The van der Waals surface area contributed by atoms with Gasteiger partial charge in [-0.05, 0) is 20.4 Å². The molecule has 0 aromatic heterocycles. The number of benzene rings is 1. The highest BCUT2D eigenvalue weighted by atomic mass is 16.6. The van der Waals surface area contributed by atoms with Crippen LogP contribution in [0.25, 0.3) is 0 Å². The first-order valence-electron chi connectivity index (χ1n) is 5.93. The number of hydrogen-bond donors (Lipinski definition) is 0. The Bertz CT molecular complexity index is 446. The van der Waals surface area contributed by atoms with E-state index in [2.05, 4.69) is 6.92 Å².